The second kappa shape index (κ2) is 12.6. The Bertz CT molecular complexity index is 1660. The van der Waals surface area contributed by atoms with E-state index in [1.807, 2.05) is 0 Å². The minimum atomic E-state index is -1.22. The molecule has 5 amide bonds. The van der Waals surface area contributed by atoms with E-state index in [0.717, 1.165) is 0 Å². The van der Waals surface area contributed by atoms with Gasteiger partial charge in [0.05, 0.1) is 0 Å². The Labute approximate surface area is 272 Å². The molecule has 1 saturated heterocycles. The van der Waals surface area contributed by atoms with Crippen LogP contribution in [0.2, 0.25) is 0 Å². The number of halogens is 1. The number of aromatic hydroxyl groups is 1. The Kier molecular flexibility index (Phi) is 9.05. The number of nitrogens with one attached hydrogen (secondary N) is 1. The number of carbonyl (C=O) groups excluding carboxylic acids is 4. The summed E-state index contributed by atoms with van der Waals surface area (Å²) in [6.45, 7) is 3.86. The number of fused-ring (bicyclic) bond motifs is 2. The molecule has 3 aliphatic heterocycles. The minimum absolute atomic E-state index is 0.00816. The van der Waals surface area contributed by atoms with Crippen molar-refractivity contribution in [2.45, 2.75) is 56.8 Å². The number of piperazine rings is 1. The van der Waals surface area contributed by atoms with Gasteiger partial charge < -0.3 is 30.0 Å². The first-order chi connectivity index (χ1) is 22.1. The molecule has 1 aromatic heterocycles. The number of rotatable bonds is 5. The maximum atomic E-state index is 14.0. The lowest BCUT2D eigenvalue weighted by molar-refractivity contribution is -0.155. The molecule has 2 bridgehead atoms. The van der Waals surface area contributed by atoms with E-state index in [-0.39, 0.29) is 30.8 Å². The lowest BCUT2D eigenvalue weighted by Crippen LogP contribution is -2.62. The fraction of sp³-hybridized carbons (Fsp3) is 0.562. The van der Waals surface area contributed by atoms with Crippen LogP contribution in [0.3, 0.4) is 0 Å². The van der Waals surface area contributed by atoms with Crippen LogP contribution in [0.15, 0.2) is 23.0 Å². The second-order valence-electron chi connectivity index (χ2n) is 13.3. The monoisotopic (exact) mass is 654 g/mol. The van der Waals surface area contributed by atoms with Crippen molar-refractivity contribution in [3.05, 3.63) is 57.0 Å². The number of urea groups is 1. The number of nitrogens with zero attached hydrogens (tertiary/aromatic N) is 7. The topological polar surface area (TPSA) is 152 Å². The summed E-state index contributed by atoms with van der Waals surface area (Å²) in [5, 5.41) is 13.8. The Morgan fingerprint density at radius 1 is 0.957 bits per heavy atom. The number of hydrogen-bond acceptors (Lipinski definition) is 8. The number of carbonyl (C=O) groups is 4. The molecule has 14 nitrogen and oxygen atoms in total. The summed E-state index contributed by atoms with van der Waals surface area (Å²) >= 11 is 0. The van der Waals surface area contributed by atoms with E-state index in [4.69, 9.17) is 0 Å². The smallest absolute Gasteiger partial charge is 0.319 e. The Morgan fingerprint density at radius 2 is 1.60 bits per heavy atom. The number of aromatic nitrogens is 2. The zero-order valence-electron chi connectivity index (χ0n) is 27.8. The zero-order valence-corrected chi connectivity index (χ0v) is 27.8. The van der Waals surface area contributed by atoms with Crippen molar-refractivity contribution < 1.29 is 28.7 Å². The van der Waals surface area contributed by atoms with E-state index < -0.39 is 45.8 Å². The van der Waals surface area contributed by atoms with E-state index in [9.17, 15) is 33.5 Å². The number of benzene rings is 1. The van der Waals surface area contributed by atoms with Crippen molar-refractivity contribution in [3.63, 3.8) is 0 Å². The summed E-state index contributed by atoms with van der Waals surface area (Å²) in [7, 11) is 7.88. The van der Waals surface area contributed by atoms with Crippen LogP contribution in [0.25, 0.3) is 0 Å². The van der Waals surface area contributed by atoms with Gasteiger partial charge in [0.2, 0.25) is 5.75 Å². The molecular formula is C32H43FN8O6. The van der Waals surface area contributed by atoms with Gasteiger partial charge in [-0.15, -0.1) is 0 Å². The predicted octanol–water partition coefficient (Wildman–Crippen LogP) is 0.694. The first kappa shape index (κ1) is 33.8. The third-order valence-corrected chi connectivity index (χ3v) is 10.1. The maximum Gasteiger partial charge on any atom is 0.319 e. The second-order valence-corrected chi connectivity index (χ2v) is 13.3. The highest BCUT2D eigenvalue weighted by Gasteiger charge is 2.56. The summed E-state index contributed by atoms with van der Waals surface area (Å²) in [6.07, 6.45) is 1.77. The van der Waals surface area contributed by atoms with Gasteiger partial charge in [-0.2, -0.15) is 0 Å². The van der Waals surface area contributed by atoms with E-state index in [1.165, 1.54) is 52.5 Å². The van der Waals surface area contributed by atoms with E-state index in [0.29, 0.717) is 63.0 Å². The maximum absolute atomic E-state index is 14.0. The summed E-state index contributed by atoms with van der Waals surface area (Å²) in [5.74, 6) is -3.42. The van der Waals surface area contributed by atoms with Crippen LogP contribution >= 0.6 is 0 Å². The van der Waals surface area contributed by atoms with Crippen LogP contribution in [0.1, 0.15) is 53.1 Å². The highest BCUT2D eigenvalue weighted by atomic mass is 19.1. The Balaban J connectivity index is 1.54. The molecule has 0 atom stereocenters. The molecule has 0 unspecified atom stereocenters. The molecule has 1 aliphatic carbocycles. The number of aryl methyl sites for hydroxylation is 1. The molecule has 254 valence electrons. The first-order valence-corrected chi connectivity index (χ1v) is 15.7. The van der Waals surface area contributed by atoms with Crippen molar-refractivity contribution in [3.8, 4) is 5.75 Å². The fourth-order valence-electron chi connectivity index (χ4n) is 7.18. The first-order valence-electron chi connectivity index (χ1n) is 15.7. The highest BCUT2D eigenvalue weighted by Crippen LogP contribution is 2.50. The summed E-state index contributed by atoms with van der Waals surface area (Å²) in [4.78, 5) is 79.1. The zero-order chi connectivity index (χ0) is 34.4. The SMILES string of the molecule is Cc1cc(CNC(=O)c2nc3n(c(=O)c2O)CC2(N4CCN(C(=O)N(C)C)CC4)CCC3(N(C)C(=O)C(=O)N(C)C)CC2)ccc1F. The molecule has 6 rings (SSSR count). The van der Waals surface area contributed by atoms with Crippen molar-refractivity contribution in [2.24, 2.45) is 0 Å². The molecule has 47 heavy (non-hydrogen) atoms. The average molecular weight is 655 g/mol. The number of amides is 5. The van der Waals surface area contributed by atoms with Gasteiger partial charge in [-0.25, -0.2) is 14.2 Å². The highest BCUT2D eigenvalue weighted by molar-refractivity contribution is 6.34. The molecule has 2 fully saturated rings. The molecule has 1 aromatic carbocycles. The molecule has 1 saturated carbocycles. The normalized spacial score (nSPS) is 22.2. The van der Waals surface area contributed by atoms with E-state index in [1.54, 1.807) is 32.0 Å². The third kappa shape index (κ3) is 5.92. The Morgan fingerprint density at radius 3 is 2.17 bits per heavy atom. The van der Waals surface area contributed by atoms with Gasteiger partial charge in [0.15, 0.2) is 5.69 Å². The summed E-state index contributed by atoms with van der Waals surface area (Å²) in [5.41, 5.74) is -2.08. The van der Waals surface area contributed by atoms with Gasteiger partial charge in [-0.1, -0.05) is 12.1 Å². The van der Waals surface area contributed by atoms with E-state index >= 15 is 0 Å². The lowest BCUT2D eigenvalue weighted by atomic mass is 9.71. The molecule has 0 radical (unpaired) electrons. The van der Waals surface area contributed by atoms with Gasteiger partial charge >= 0.3 is 17.8 Å². The van der Waals surface area contributed by atoms with Crippen LogP contribution in [0.5, 0.6) is 5.75 Å². The third-order valence-electron chi connectivity index (χ3n) is 10.1. The van der Waals surface area contributed by atoms with Crippen LogP contribution in [-0.2, 0) is 28.2 Å². The van der Waals surface area contributed by atoms with Crippen LogP contribution in [0.4, 0.5) is 9.18 Å². The van der Waals surface area contributed by atoms with Crippen molar-refractivity contribution >= 4 is 23.8 Å². The van der Waals surface area contributed by atoms with E-state index in [2.05, 4.69) is 15.2 Å². The molecule has 2 N–H and O–H groups in total. The molecule has 4 heterocycles. The standard InChI is InChI=1S/C32H43FN8O6/c1-20-17-21(7-8-22(20)33)18-34-25(43)23-24(42)26(44)41-19-31(40-15-13-39(14-16-40)30(47)37(4)5)9-11-32(12-10-31,29(41)35-23)38(6)28(46)27(45)36(2)3/h7-8,17,42H,9-16,18-19H2,1-6H3,(H,34,43). The van der Waals surface area contributed by atoms with Crippen LogP contribution in [0, 0.1) is 12.7 Å². The quantitative estimate of drug-likeness (QED) is 0.447. The van der Waals surface area contributed by atoms with Gasteiger partial charge in [0.1, 0.15) is 17.2 Å². The molecular weight excluding hydrogens is 611 g/mol. The molecule has 4 aliphatic rings. The van der Waals surface area contributed by atoms with Crippen molar-refractivity contribution in [1.82, 2.24) is 39.4 Å². The number of hydrogen-bond donors (Lipinski definition) is 2. The van der Waals surface area contributed by atoms with Crippen molar-refractivity contribution in [1.29, 1.82) is 0 Å². The molecule has 0 spiro atoms. The summed E-state index contributed by atoms with van der Waals surface area (Å²) < 4.78 is 15.1. The van der Waals surface area contributed by atoms with Crippen LogP contribution in [-0.4, -0.2) is 130 Å². The van der Waals surface area contributed by atoms with Gasteiger partial charge in [0.25, 0.3) is 11.5 Å². The summed E-state index contributed by atoms with van der Waals surface area (Å²) in [6, 6.07) is 4.32. The van der Waals surface area contributed by atoms with Gasteiger partial charge in [-0.05, 0) is 49.8 Å². The predicted molar refractivity (Wildman–Crippen MR) is 169 cm³/mol. The Hall–Kier alpha value is -4.53. The van der Waals surface area contributed by atoms with Crippen LogP contribution < -0.4 is 10.9 Å². The molecule has 15 heteroatoms. The van der Waals surface area contributed by atoms with Gasteiger partial charge in [0, 0.05) is 80.0 Å². The van der Waals surface area contributed by atoms with Crippen molar-refractivity contribution in [2.75, 3.05) is 61.4 Å². The largest absolute Gasteiger partial charge is 0.501 e. The van der Waals surface area contributed by atoms with Gasteiger partial charge in [-0.3, -0.25) is 28.6 Å². The fourth-order valence-corrected chi connectivity index (χ4v) is 7.18. The lowest BCUT2D eigenvalue weighted by Gasteiger charge is -2.52. The molecule has 2 aromatic rings. The average Bonchev–Trinajstić information content (AvgIpc) is 3.30. The number of likely N-dealkylation sites (N-methyl/N-ethyl adjacent to an activating group) is 2. The minimum Gasteiger partial charge on any atom is -0.501 e.